The van der Waals surface area contributed by atoms with Crippen molar-refractivity contribution in [3.8, 4) is 5.75 Å². The molecule has 0 atom stereocenters. The minimum absolute atomic E-state index is 0.328. The van der Waals surface area contributed by atoms with E-state index in [1.54, 1.807) is 18.2 Å². The zero-order valence-corrected chi connectivity index (χ0v) is 13.7. The third-order valence-corrected chi connectivity index (χ3v) is 3.87. The number of nitrogens with one attached hydrogen (secondary N) is 1. The standard InChI is InChI=1S/C16H19Cl2NO2/c1-3-7-19-9-15-11(2)8-12(21-15)10-20-14-6-4-5-13(17)16(14)18/h4-6,8,19H,3,7,9-10H2,1-2H3. The van der Waals surface area contributed by atoms with Crippen molar-refractivity contribution in [1.29, 1.82) is 0 Å². The lowest BCUT2D eigenvalue weighted by molar-refractivity contribution is 0.265. The van der Waals surface area contributed by atoms with Crippen LogP contribution in [0.4, 0.5) is 0 Å². The predicted octanol–water partition coefficient (Wildman–Crippen LogP) is 4.97. The number of benzene rings is 1. The summed E-state index contributed by atoms with van der Waals surface area (Å²) in [7, 11) is 0. The molecule has 0 amide bonds. The van der Waals surface area contributed by atoms with Crippen molar-refractivity contribution in [2.75, 3.05) is 6.54 Å². The van der Waals surface area contributed by atoms with Crippen LogP contribution in [-0.4, -0.2) is 6.54 Å². The topological polar surface area (TPSA) is 34.4 Å². The Morgan fingerprint density at radius 1 is 1.29 bits per heavy atom. The van der Waals surface area contributed by atoms with Crippen LogP contribution in [0.15, 0.2) is 28.7 Å². The number of hydrogen-bond donors (Lipinski definition) is 1. The third-order valence-electron chi connectivity index (χ3n) is 3.07. The molecule has 21 heavy (non-hydrogen) atoms. The average Bonchev–Trinajstić information content (AvgIpc) is 2.81. The summed E-state index contributed by atoms with van der Waals surface area (Å²) in [5, 5.41) is 4.23. The van der Waals surface area contributed by atoms with Gasteiger partial charge in [0.15, 0.2) is 0 Å². The van der Waals surface area contributed by atoms with Crippen LogP contribution in [0.5, 0.6) is 5.75 Å². The van der Waals surface area contributed by atoms with Crippen molar-refractivity contribution in [1.82, 2.24) is 5.32 Å². The highest BCUT2D eigenvalue weighted by Gasteiger charge is 2.10. The fourth-order valence-electron chi connectivity index (χ4n) is 1.96. The second kappa shape index (κ2) is 7.74. The van der Waals surface area contributed by atoms with Gasteiger partial charge >= 0.3 is 0 Å². The molecule has 1 aromatic carbocycles. The lowest BCUT2D eigenvalue weighted by Crippen LogP contribution is -2.13. The SMILES string of the molecule is CCCNCc1oc(COc2cccc(Cl)c2Cl)cc1C. The molecule has 0 unspecified atom stereocenters. The minimum atomic E-state index is 0.328. The maximum Gasteiger partial charge on any atom is 0.146 e. The second-order valence-corrected chi connectivity index (χ2v) is 5.62. The van der Waals surface area contributed by atoms with Gasteiger partial charge < -0.3 is 14.5 Å². The van der Waals surface area contributed by atoms with E-state index >= 15 is 0 Å². The van der Waals surface area contributed by atoms with Gasteiger partial charge in [-0.05, 0) is 43.7 Å². The molecule has 0 bridgehead atoms. The molecule has 2 aromatic rings. The Kier molecular flexibility index (Phi) is 5.97. The number of halogens is 2. The van der Waals surface area contributed by atoms with Gasteiger partial charge in [-0.1, -0.05) is 36.2 Å². The molecule has 1 N–H and O–H groups in total. The van der Waals surface area contributed by atoms with Crippen molar-refractivity contribution >= 4 is 23.2 Å². The fraction of sp³-hybridized carbons (Fsp3) is 0.375. The number of rotatable bonds is 7. The number of aryl methyl sites for hydroxylation is 1. The largest absolute Gasteiger partial charge is 0.484 e. The van der Waals surface area contributed by atoms with Crippen molar-refractivity contribution in [3.63, 3.8) is 0 Å². The first-order chi connectivity index (χ1) is 10.1. The van der Waals surface area contributed by atoms with Gasteiger partial charge in [0.2, 0.25) is 0 Å². The van der Waals surface area contributed by atoms with Crippen LogP contribution in [0.2, 0.25) is 10.0 Å². The van der Waals surface area contributed by atoms with Crippen molar-refractivity contribution in [2.45, 2.75) is 33.4 Å². The Bertz CT molecular complexity index is 596. The zero-order valence-electron chi connectivity index (χ0n) is 12.2. The molecule has 0 fully saturated rings. The van der Waals surface area contributed by atoms with Gasteiger partial charge in [-0.25, -0.2) is 0 Å². The molecule has 3 nitrogen and oxygen atoms in total. The summed E-state index contributed by atoms with van der Waals surface area (Å²) in [4.78, 5) is 0. The van der Waals surface area contributed by atoms with Crippen LogP contribution in [-0.2, 0) is 13.2 Å². The molecule has 0 aliphatic heterocycles. The molecule has 0 spiro atoms. The fourth-order valence-corrected chi connectivity index (χ4v) is 2.31. The smallest absolute Gasteiger partial charge is 0.146 e. The predicted molar refractivity (Wildman–Crippen MR) is 86.2 cm³/mol. The minimum Gasteiger partial charge on any atom is -0.484 e. The van der Waals surface area contributed by atoms with Crippen molar-refractivity contribution in [3.05, 3.63) is 51.4 Å². The number of ether oxygens (including phenoxy) is 1. The molecule has 0 saturated heterocycles. The van der Waals surface area contributed by atoms with Gasteiger partial charge in [-0.3, -0.25) is 0 Å². The van der Waals surface area contributed by atoms with E-state index in [9.17, 15) is 0 Å². The van der Waals surface area contributed by atoms with E-state index < -0.39 is 0 Å². The second-order valence-electron chi connectivity index (χ2n) is 4.84. The van der Waals surface area contributed by atoms with Gasteiger partial charge in [0.05, 0.1) is 11.6 Å². The summed E-state index contributed by atoms with van der Waals surface area (Å²) >= 11 is 12.0. The van der Waals surface area contributed by atoms with Crippen molar-refractivity contribution < 1.29 is 9.15 Å². The van der Waals surface area contributed by atoms with E-state index in [0.717, 1.165) is 36.6 Å². The highest BCUT2D eigenvalue weighted by Crippen LogP contribution is 2.32. The van der Waals surface area contributed by atoms with Crippen molar-refractivity contribution in [2.24, 2.45) is 0 Å². The molecule has 2 rings (SSSR count). The lowest BCUT2D eigenvalue weighted by atomic mass is 10.2. The molecule has 1 aromatic heterocycles. The Morgan fingerprint density at radius 3 is 2.86 bits per heavy atom. The molecule has 0 saturated carbocycles. The molecule has 0 aliphatic rings. The Balaban J connectivity index is 1.97. The van der Waals surface area contributed by atoms with E-state index in [2.05, 4.69) is 12.2 Å². The molecule has 5 heteroatoms. The van der Waals surface area contributed by atoms with Gasteiger partial charge in [0, 0.05) is 0 Å². The van der Waals surface area contributed by atoms with Crippen LogP contribution in [0, 0.1) is 6.92 Å². The van der Waals surface area contributed by atoms with E-state index in [0.29, 0.717) is 22.4 Å². The normalized spacial score (nSPS) is 10.9. The van der Waals surface area contributed by atoms with Gasteiger partial charge in [0.1, 0.15) is 28.9 Å². The lowest BCUT2D eigenvalue weighted by Gasteiger charge is -2.07. The average molecular weight is 328 g/mol. The molecule has 0 radical (unpaired) electrons. The Labute approximate surface area is 135 Å². The van der Waals surface area contributed by atoms with Crippen LogP contribution in [0.25, 0.3) is 0 Å². The number of hydrogen-bond acceptors (Lipinski definition) is 3. The van der Waals surface area contributed by atoms with E-state index in [1.165, 1.54) is 0 Å². The molecular weight excluding hydrogens is 309 g/mol. The summed E-state index contributed by atoms with van der Waals surface area (Å²) in [6.07, 6.45) is 1.10. The highest BCUT2D eigenvalue weighted by atomic mass is 35.5. The summed E-state index contributed by atoms with van der Waals surface area (Å²) in [6, 6.07) is 7.30. The third kappa shape index (κ3) is 4.40. The Hall–Kier alpha value is -1.16. The molecule has 1 heterocycles. The van der Waals surface area contributed by atoms with Crippen LogP contribution >= 0.6 is 23.2 Å². The maximum atomic E-state index is 6.08. The molecule has 114 valence electrons. The van der Waals surface area contributed by atoms with Crippen LogP contribution < -0.4 is 10.1 Å². The van der Waals surface area contributed by atoms with E-state index in [4.69, 9.17) is 32.4 Å². The highest BCUT2D eigenvalue weighted by molar-refractivity contribution is 6.42. The first-order valence-corrected chi connectivity index (χ1v) is 7.73. The van der Waals surface area contributed by atoms with Gasteiger partial charge in [0.25, 0.3) is 0 Å². The Morgan fingerprint density at radius 2 is 2.10 bits per heavy atom. The first kappa shape index (κ1) is 16.2. The van der Waals surface area contributed by atoms with E-state index in [-0.39, 0.29) is 0 Å². The monoisotopic (exact) mass is 327 g/mol. The number of furan rings is 1. The quantitative estimate of drug-likeness (QED) is 0.729. The van der Waals surface area contributed by atoms with Gasteiger partial charge in [-0.2, -0.15) is 0 Å². The summed E-state index contributed by atoms with van der Waals surface area (Å²) in [6.45, 7) is 6.20. The molecular formula is C16H19Cl2NO2. The maximum absolute atomic E-state index is 6.08. The first-order valence-electron chi connectivity index (χ1n) is 6.97. The van der Waals surface area contributed by atoms with Crippen LogP contribution in [0.1, 0.15) is 30.4 Å². The summed E-state index contributed by atoms with van der Waals surface area (Å²) in [5.74, 6) is 2.28. The zero-order chi connectivity index (χ0) is 15.2. The molecule has 0 aliphatic carbocycles. The summed E-state index contributed by atoms with van der Waals surface area (Å²) in [5.41, 5.74) is 1.12. The van der Waals surface area contributed by atoms with E-state index in [1.807, 2.05) is 13.0 Å². The van der Waals surface area contributed by atoms with Gasteiger partial charge in [-0.15, -0.1) is 0 Å². The van der Waals surface area contributed by atoms with Crippen LogP contribution in [0.3, 0.4) is 0 Å². The summed E-state index contributed by atoms with van der Waals surface area (Å²) < 4.78 is 11.5.